The maximum absolute atomic E-state index is 13.0. The lowest BCUT2D eigenvalue weighted by Crippen LogP contribution is -2.16. The number of nitrogens with zero attached hydrogens (tertiary/aromatic N) is 3. The van der Waals surface area contributed by atoms with Gasteiger partial charge in [0.1, 0.15) is 11.4 Å². The molecule has 0 amide bonds. The van der Waals surface area contributed by atoms with Gasteiger partial charge in [0.25, 0.3) is 5.56 Å². The molecule has 3 aromatic rings. The molecular formula is C24H22N4O4S. The van der Waals surface area contributed by atoms with Gasteiger partial charge in [0, 0.05) is 10.8 Å². The highest BCUT2D eigenvalue weighted by molar-refractivity contribution is 8.04. The molecule has 2 aliphatic rings. The second-order valence-corrected chi connectivity index (χ2v) is 9.56. The number of rotatable bonds is 5. The van der Waals surface area contributed by atoms with Crippen LogP contribution in [0.2, 0.25) is 0 Å². The van der Waals surface area contributed by atoms with Crippen molar-refractivity contribution in [3.63, 3.8) is 0 Å². The van der Waals surface area contributed by atoms with Crippen LogP contribution < -0.4 is 5.56 Å². The van der Waals surface area contributed by atoms with Crippen LogP contribution in [0.3, 0.4) is 0 Å². The number of H-pyrrole nitrogens is 1. The molecule has 5 rings (SSSR count). The molecule has 1 aromatic heterocycles. The summed E-state index contributed by atoms with van der Waals surface area (Å²) in [5.41, 5.74) is 5.43. The van der Waals surface area contributed by atoms with Crippen molar-refractivity contribution in [1.82, 2.24) is 9.78 Å². The minimum absolute atomic E-state index is 0.0576. The average Bonchev–Trinajstić information content (AvgIpc) is 3.35. The summed E-state index contributed by atoms with van der Waals surface area (Å²) in [6.07, 6.45) is 4.25. The highest BCUT2D eigenvalue weighted by atomic mass is 32.2. The summed E-state index contributed by atoms with van der Waals surface area (Å²) < 4.78 is 1.46. The summed E-state index contributed by atoms with van der Waals surface area (Å²) in [6.45, 7) is 3.62. The van der Waals surface area contributed by atoms with Crippen LogP contribution in [-0.2, 0) is 17.6 Å². The van der Waals surface area contributed by atoms with Gasteiger partial charge in [-0.05, 0) is 68.0 Å². The number of benzene rings is 2. The van der Waals surface area contributed by atoms with Gasteiger partial charge >= 0.3 is 5.97 Å². The Morgan fingerprint density at radius 1 is 1.15 bits per heavy atom. The molecule has 0 saturated heterocycles. The van der Waals surface area contributed by atoms with Gasteiger partial charge in [-0.25, -0.2) is 9.48 Å². The Balaban J connectivity index is 1.46. The number of hydrogen-bond acceptors (Lipinski definition) is 6. The normalized spacial score (nSPS) is 17.2. The van der Waals surface area contributed by atoms with Gasteiger partial charge in [-0.3, -0.25) is 9.89 Å². The minimum atomic E-state index is -0.971. The van der Waals surface area contributed by atoms with E-state index in [1.54, 1.807) is 19.1 Å². The molecule has 2 heterocycles. The lowest BCUT2D eigenvalue weighted by Gasteiger charge is -2.19. The smallest absolute Gasteiger partial charge is 0.341 e. The molecule has 2 aromatic carbocycles. The topological polar surface area (TPSA) is 120 Å². The van der Waals surface area contributed by atoms with Gasteiger partial charge in [-0.2, -0.15) is 0 Å². The molecule has 9 heteroatoms. The van der Waals surface area contributed by atoms with Crippen LogP contribution in [0.5, 0.6) is 5.75 Å². The largest absolute Gasteiger partial charge is 0.505 e. The number of nitrogens with one attached hydrogen (secondary N) is 1. The van der Waals surface area contributed by atoms with Gasteiger partial charge < -0.3 is 10.2 Å². The van der Waals surface area contributed by atoms with E-state index in [0.717, 1.165) is 24.1 Å². The van der Waals surface area contributed by atoms with Crippen molar-refractivity contribution in [2.45, 2.75) is 38.4 Å². The number of carboxylic acids is 1. The molecule has 0 spiro atoms. The van der Waals surface area contributed by atoms with Crippen LogP contribution in [-0.4, -0.2) is 26.0 Å². The number of carbonyl (C=O) groups is 1. The van der Waals surface area contributed by atoms with Crippen LogP contribution in [0.1, 0.15) is 39.6 Å². The fraction of sp³-hybridized carbons (Fsp3) is 0.250. The number of aromatic amines is 1. The molecule has 1 aliphatic carbocycles. The van der Waals surface area contributed by atoms with Gasteiger partial charge in [0.15, 0.2) is 5.69 Å². The Labute approximate surface area is 193 Å². The van der Waals surface area contributed by atoms with Gasteiger partial charge in [-0.15, -0.1) is 22.0 Å². The third-order valence-corrected chi connectivity index (χ3v) is 7.34. The molecule has 1 atom stereocenters. The number of thioether (sulfide) groups is 1. The number of aromatic nitrogens is 2. The summed E-state index contributed by atoms with van der Waals surface area (Å²) in [6, 6.07) is 9.47. The van der Waals surface area contributed by atoms with E-state index >= 15 is 0 Å². The number of aryl methyl sites for hydroxylation is 4. The van der Waals surface area contributed by atoms with E-state index in [1.807, 2.05) is 31.2 Å². The predicted octanol–water partition coefficient (Wildman–Crippen LogP) is 5.15. The van der Waals surface area contributed by atoms with Crippen molar-refractivity contribution in [2.75, 3.05) is 0 Å². The zero-order valence-corrected chi connectivity index (χ0v) is 18.9. The van der Waals surface area contributed by atoms with E-state index in [1.165, 1.54) is 27.6 Å². The first-order valence-electron chi connectivity index (χ1n) is 10.6. The van der Waals surface area contributed by atoms with E-state index in [-0.39, 0.29) is 32.8 Å². The molecule has 0 bridgehead atoms. The Morgan fingerprint density at radius 2 is 1.94 bits per heavy atom. The fourth-order valence-electron chi connectivity index (χ4n) is 4.16. The number of phenolic OH excluding ortho intramolecular Hbond substituents is 1. The average molecular weight is 463 g/mol. The molecule has 33 heavy (non-hydrogen) atoms. The van der Waals surface area contributed by atoms with Gasteiger partial charge in [0.2, 0.25) is 0 Å². The Bertz CT molecular complexity index is 1420. The predicted molar refractivity (Wildman–Crippen MR) is 126 cm³/mol. The number of allylic oxidation sites excluding steroid dienone is 1. The lowest BCUT2D eigenvalue weighted by atomic mass is 9.88. The Hall–Kier alpha value is -3.59. The first-order chi connectivity index (χ1) is 15.8. The molecule has 0 fully saturated rings. The van der Waals surface area contributed by atoms with Crippen LogP contribution in [0.25, 0.3) is 5.69 Å². The zero-order chi connectivity index (χ0) is 23.3. The van der Waals surface area contributed by atoms with Crippen molar-refractivity contribution < 1.29 is 15.0 Å². The quantitative estimate of drug-likeness (QED) is 0.453. The minimum Gasteiger partial charge on any atom is -0.505 e. The second-order valence-electron chi connectivity index (χ2n) is 8.32. The number of phenols is 1. The van der Waals surface area contributed by atoms with Crippen molar-refractivity contribution in [3.05, 3.63) is 79.6 Å². The molecule has 1 unspecified atom stereocenters. The number of aliphatic carboxylic acids is 1. The maximum Gasteiger partial charge on any atom is 0.341 e. The highest BCUT2D eigenvalue weighted by Crippen LogP contribution is 2.49. The molecule has 0 radical (unpaired) electrons. The number of fused-ring (bicyclic) bond motifs is 1. The summed E-state index contributed by atoms with van der Waals surface area (Å²) in [5, 5.41) is 31.3. The Morgan fingerprint density at radius 3 is 2.61 bits per heavy atom. The number of azo groups is 1. The SMILES string of the molecule is Cc1cc(N=Nc2c(C)[nH]n(-c3ccc4c(c3)CC4)c2=O)c(O)c(C2CC=C(C(=O)O)S2)c1. The van der Waals surface area contributed by atoms with E-state index in [9.17, 15) is 19.8 Å². The monoisotopic (exact) mass is 462 g/mol. The molecule has 0 saturated carbocycles. The van der Waals surface area contributed by atoms with Crippen LogP contribution in [0, 0.1) is 13.8 Å². The number of hydrogen-bond donors (Lipinski definition) is 3. The number of aromatic hydroxyl groups is 1. The first kappa shape index (κ1) is 21.3. The summed E-state index contributed by atoms with van der Waals surface area (Å²) in [5.74, 6) is -1.03. The maximum atomic E-state index is 13.0. The molecule has 1 aliphatic heterocycles. The lowest BCUT2D eigenvalue weighted by molar-refractivity contribution is -0.131. The first-order valence-corrected chi connectivity index (χ1v) is 11.5. The molecule has 3 N–H and O–H groups in total. The third kappa shape index (κ3) is 3.78. The standard InChI is InChI=1S/C24H22N4O4S/c1-12-9-17(19-7-8-20(33-19)24(31)32)22(29)18(10-12)25-26-21-13(2)27-28(23(21)30)16-6-5-14-3-4-15(14)11-16/h5-6,8-11,19,27,29H,3-4,7H2,1-2H3,(H,31,32). The molecule has 168 valence electrons. The van der Waals surface area contributed by atoms with E-state index in [4.69, 9.17) is 0 Å². The molecule has 8 nitrogen and oxygen atoms in total. The summed E-state index contributed by atoms with van der Waals surface area (Å²) in [7, 11) is 0. The van der Waals surface area contributed by atoms with Crippen LogP contribution >= 0.6 is 11.8 Å². The van der Waals surface area contributed by atoms with Crippen molar-refractivity contribution in [3.8, 4) is 11.4 Å². The fourth-order valence-corrected chi connectivity index (χ4v) is 5.26. The molecular weight excluding hydrogens is 440 g/mol. The Kier molecular flexibility index (Phi) is 5.20. The van der Waals surface area contributed by atoms with Crippen LogP contribution in [0.15, 0.2) is 56.3 Å². The van der Waals surface area contributed by atoms with Crippen LogP contribution in [0.4, 0.5) is 11.4 Å². The second kappa shape index (κ2) is 8.08. The van der Waals surface area contributed by atoms with Gasteiger partial charge in [0.05, 0.1) is 16.3 Å². The van der Waals surface area contributed by atoms with Crippen molar-refractivity contribution >= 4 is 29.1 Å². The summed E-state index contributed by atoms with van der Waals surface area (Å²) in [4.78, 5) is 24.5. The van der Waals surface area contributed by atoms with E-state index in [0.29, 0.717) is 17.7 Å². The van der Waals surface area contributed by atoms with E-state index in [2.05, 4.69) is 15.3 Å². The van der Waals surface area contributed by atoms with E-state index < -0.39 is 5.97 Å². The number of carboxylic acid groups (broad SMARTS) is 1. The highest BCUT2D eigenvalue weighted by Gasteiger charge is 2.27. The van der Waals surface area contributed by atoms with Gasteiger partial charge in [-0.1, -0.05) is 18.2 Å². The third-order valence-electron chi connectivity index (χ3n) is 6.02. The zero-order valence-electron chi connectivity index (χ0n) is 18.1. The summed E-state index contributed by atoms with van der Waals surface area (Å²) >= 11 is 1.20. The van der Waals surface area contributed by atoms with Crippen molar-refractivity contribution in [2.24, 2.45) is 10.2 Å². The van der Waals surface area contributed by atoms with Crippen molar-refractivity contribution in [1.29, 1.82) is 0 Å².